The van der Waals surface area contributed by atoms with Gasteiger partial charge in [0.25, 0.3) is 0 Å². The molecule has 0 radical (unpaired) electrons. The molecule has 2 N–H and O–H groups in total. The van der Waals surface area contributed by atoms with Crippen LogP contribution in [0, 0.1) is 5.82 Å². The van der Waals surface area contributed by atoms with Gasteiger partial charge in [-0.05, 0) is 46.8 Å². The van der Waals surface area contributed by atoms with Crippen LogP contribution in [0.2, 0.25) is 0 Å². The number of benzene rings is 2. The van der Waals surface area contributed by atoms with E-state index in [2.05, 4.69) is 10.0 Å². The van der Waals surface area contributed by atoms with Crippen molar-refractivity contribution in [2.75, 3.05) is 4.72 Å². The number of anilines is 1. The predicted octanol–water partition coefficient (Wildman–Crippen LogP) is 3.69. The van der Waals surface area contributed by atoms with Gasteiger partial charge in [0.2, 0.25) is 15.9 Å². The van der Waals surface area contributed by atoms with Gasteiger partial charge in [-0.2, -0.15) is 0 Å². The monoisotopic (exact) mass is 418 g/mol. The van der Waals surface area contributed by atoms with Crippen LogP contribution in [-0.4, -0.2) is 14.3 Å². The van der Waals surface area contributed by atoms with E-state index in [1.165, 1.54) is 24.3 Å². The van der Waals surface area contributed by atoms with Crippen molar-refractivity contribution in [1.29, 1.82) is 0 Å². The molecule has 1 aromatic heterocycles. The highest BCUT2D eigenvalue weighted by molar-refractivity contribution is 7.91. The smallest absolute Gasteiger partial charge is 0.236 e. The van der Waals surface area contributed by atoms with Crippen molar-refractivity contribution in [2.24, 2.45) is 0 Å². The first-order chi connectivity index (χ1) is 13.4. The molecule has 0 saturated heterocycles. The number of sulfonamides is 1. The second-order valence-electron chi connectivity index (χ2n) is 6.22. The molecule has 0 spiro atoms. The molecule has 0 aliphatic rings. The zero-order chi connectivity index (χ0) is 20.0. The van der Waals surface area contributed by atoms with Crippen molar-refractivity contribution in [3.05, 3.63) is 87.9 Å². The first kappa shape index (κ1) is 20.0. The summed E-state index contributed by atoms with van der Waals surface area (Å²) in [6.45, 7) is 0.498. The molecule has 1 amide bonds. The number of halogens is 1. The fourth-order valence-corrected chi connectivity index (χ4v) is 4.40. The van der Waals surface area contributed by atoms with Crippen LogP contribution in [0.15, 0.2) is 66.0 Å². The van der Waals surface area contributed by atoms with E-state index in [9.17, 15) is 17.6 Å². The number of carbonyl (C=O) groups excluding carboxylic acids is 1. The molecule has 3 rings (SSSR count). The van der Waals surface area contributed by atoms with Gasteiger partial charge in [0.1, 0.15) is 5.82 Å². The van der Waals surface area contributed by atoms with E-state index in [-0.39, 0.29) is 18.1 Å². The fraction of sp³-hybridized carbons (Fsp3) is 0.150. The Morgan fingerprint density at radius 1 is 0.964 bits per heavy atom. The van der Waals surface area contributed by atoms with Gasteiger partial charge < -0.3 is 5.32 Å². The van der Waals surface area contributed by atoms with Crippen LogP contribution in [0.1, 0.15) is 16.0 Å². The van der Waals surface area contributed by atoms with Crippen LogP contribution in [0.25, 0.3) is 0 Å². The minimum Gasteiger partial charge on any atom is -0.351 e. The van der Waals surface area contributed by atoms with E-state index < -0.39 is 15.8 Å². The van der Waals surface area contributed by atoms with Crippen molar-refractivity contribution in [2.45, 2.75) is 18.7 Å². The quantitative estimate of drug-likeness (QED) is 0.586. The lowest BCUT2D eigenvalue weighted by atomic mass is 10.1. The SMILES string of the molecule is O=C(Cc1ccc(NS(=O)(=O)Cc2ccc(F)cc2)cc1)NCc1cccs1. The molecular weight excluding hydrogens is 399 g/mol. The van der Waals surface area contributed by atoms with Crippen molar-refractivity contribution >= 4 is 33.0 Å². The summed E-state index contributed by atoms with van der Waals surface area (Å²) in [5.74, 6) is -0.762. The highest BCUT2D eigenvalue weighted by Gasteiger charge is 2.12. The summed E-state index contributed by atoms with van der Waals surface area (Å²) < 4.78 is 39.9. The molecule has 1 heterocycles. The van der Waals surface area contributed by atoms with E-state index in [4.69, 9.17) is 0 Å². The maximum atomic E-state index is 12.9. The average molecular weight is 419 g/mol. The summed E-state index contributed by atoms with van der Waals surface area (Å²) in [7, 11) is -3.62. The summed E-state index contributed by atoms with van der Waals surface area (Å²) in [6.07, 6.45) is 0.216. The first-order valence-electron chi connectivity index (χ1n) is 8.52. The van der Waals surface area contributed by atoms with Gasteiger partial charge in [-0.1, -0.05) is 30.3 Å². The molecule has 5 nitrogen and oxygen atoms in total. The molecule has 8 heteroatoms. The molecule has 3 aromatic rings. The number of carbonyl (C=O) groups is 1. The largest absolute Gasteiger partial charge is 0.351 e. The number of hydrogen-bond acceptors (Lipinski definition) is 4. The normalized spacial score (nSPS) is 11.2. The van der Waals surface area contributed by atoms with Gasteiger partial charge in [-0.15, -0.1) is 11.3 Å². The van der Waals surface area contributed by atoms with Gasteiger partial charge >= 0.3 is 0 Å². The second kappa shape index (κ2) is 8.99. The molecule has 2 aromatic carbocycles. The summed E-state index contributed by atoms with van der Waals surface area (Å²) in [6, 6.07) is 15.9. The Bertz CT molecular complexity index is 1020. The maximum Gasteiger partial charge on any atom is 0.236 e. The van der Waals surface area contributed by atoms with Crippen LogP contribution in [0.3, 0.4) is 0 Å². The molecule has 0 atom stereocenters. The molecule has 0 bridgehead atoms. The Morgan fingerprint density at radius 3 is 2.29 bits per heavy atom. The molecule has 0 unspecified atom stereocenters. The predicted molar refractivity (Wildman–Crippen MR) is 109 cm³/mol. The minimum atomic E-state index is -3.62. The first-order valence-corrected chi connectivity index (χ1v) is 11.1. The number of hydrogen-bond donors (Lipinski definition) is 2. The maximum absolute atomic E-state index is 12.9. The Labute approximate surface area is 167 Å². The minimum absolute atomic E-state index is 0.0990. The van der Waals surface area contributed by atoms with Crippen LogP contribution >= 0.6 is 11.3 Å². The second-order valence-corrected chi connectivity index (χ2v) is 8.97. The Morgan fingerprint density at radius 2 is 1.64 bits per heavy atom. The van der Waals surface area contributed by atoms with Gasteiger partial charge in [-0.3, -0.25) is 9.52 Å². The third kappa shape index (κ3) is 6.17. The highest BCUT2D eigenvalue weighted by atomic mass is 32.2. The molecule has 0 saturated carbocycles. The summed E-state index contributed by atoms with van der Waals surface area (Å²) in [4.78, 5) is 13.1. The lowest BCUT2D eigenvalue weighted by molar-refractivity contribution is -0.120. The lowest BCUT2D eigenvalue weighted by Crippen LogP contribution is -2.24. The van der Waals surface area contributed by atoms with E-state index in [0.717, 1.165) is 10.4 Å². The van der Waals surface area contributed by atoms with Gasteiger partial charge in [-0.25, -0.2) is 12.8 Å². The Kier molecular flexibility index (Phi) is 6.43. The van der Waals surface area contributed by atoms with Crippen LogP contribution < -0.4 is 10.0 Å². The van der Waals surface area contributed by atoms with Gasteiger partial charge in [0.05, 0.1) is 18.7 Å². The summed E-state index contributed by atoms with van der Waals surface area (Å²) in [5, 5.41) is 4.81. The third-order valence-electron chi connectivity index (χ3n) is 3.90. The zero-order valence-electron chi connectivity index (χ0n) is 14.9. The number of nitrogens with one attached hydrogen (secondary N) is 2. The van der Waals surface area contributed by atoms with E-state index in [0.29, 0.717) is 17.8 Å². The average Bonchev–Trinajstić information content (AvgIpc) is 3.17. The Hall–Kier alpha value is -2.71. The number of thiophene rings is 1. The highest BCUT2D eigenvalue weighted by Crippen LogP contribution is 2.15. The van der Waals surface area contributed by atoms with E-state index in [1.807, 2.05) is 17.5 Å². The summed E-state index contributed by atoms with van der Waals surface area (Å²) in [5.41, 5.74) is 1.68. The third-order valence-corrected chi connectivity index (χ3v) is 6.04. The van der Waals surface area contributed by atoms with Crippen molar-refractivity contribution in [3.63, 3.8) is 0 Å². The van der Waals surface area contributed by atoms with Crippen LogP contribution in [-0.2, 0) is 33.5 Å². The topological polar surface area (TPSA) is 75.3 Å². The molecule has 0 aliphatic heterocycles. The van der Waals surface area contributed by atoms with Crippen LogP contribution in [0.5, 0.6) is 0 Å². The van der Waals surface area contributed by atoms with Crippen LogP contribution in [0.4, 0.5) is 10.1 Å². The zero-order valence-corrected chi connectivity index (χ0v) is 16.5. The fourth-order valence-electron chi connectivity index (χ4n) is 2.55. The van der Waals surface area contributed by atoms with Crippen molar-refractivity contribution in [1.82, 2.24) is 5.32 Å². The Balaban J connectivity index is 1.53. The van der Waals surface area contributed by atoms with Gasteiger partial charge in [0, 0.05) is 10.6 Å². The van der Waals surface area contributed by atoms with Crippen molar-refractivity contribution < 1.29 is 17.6 Å². The summed E-state index contributed by atoms with van der Waals surface area (Å²) >= 11 is 1.58. The van der Waals surface area contributed by atoms with E-state index >= 15 is 0 Å². The van der Waals surface area contributed by atoms with Crippen molar-refractivity contribution in [3.8, 4) is 0 Å². The molecule has 0 fully saturated rings. The van der Waals surface area contributed by atoms with E-state index in [1.54, 1.807) is 35.6 Å². The van der Waals surface area contributed by atoms with Gasteiger partial charge in [0.15, 0.2) is 0 Å². The molecular formula is C20H19FN2O3S2. The number of amides is 1. The molecule has 0 aliphatic carbocycles. The molecule has 146 valence electrons. The standard InChI is InChI=1S/C20H19FN2O3S2/c21-17-7-3-16(4-8-17)14-28(25,26)23-18-9-5-15(6-10-18)12-20(24)22-13-19-2-1-11-27-19/h1-11,23H,12-14H2,(H,22,24). The molecule has 28 heavy (non-hydrogen) atoms. The number of rotatable bonds is 8. The lowest BCUT2D eigenvalue weighted by Gasteiger charge is -2.09.